The van der Waals surface area contributed by atoms with Crippen molar-refractivity contribution in [3.05, 3.63) is 107 Å². The lowest BCUT2D eigenvalue weighted by Gasteiger charge is -2.23. The number of fused-ring (bicyclic) bond motifs is 1. The van der Waals surface area contributed by atoms with Crippen molar-refractivity contribution in [2.75, 3.05) is 24.7 Å². The first-order chi connectivity index (χ1) is 20.9. The minimum Gasteiger partial charge on any atom is -0.507 e. The summed E-state index contributed by atoms with van der Waals surface area (Å²) in [6, 6.07) is 18.4. The maximum atomic E-state index is 13.6. The largest absolute Gasteiger partial charge is 0.507 e. The number of nitrogens with zero attached hydrogens (tertiary/aromatic N) is 3. The smallest absolute Gasteiger partial charge is 0.301 e. The number of carbonyl (C=O) groups excluding carboxylic acids is 2. The number of thioether (sulfide) groups is 1. The van der Waals surface area contributed by atoms with Crippen LogP contribution in [0.1, 0.15) is 22.7 Å². The van der Waals surface area contributed by atoms with E-state index in [2.05, 4.69) is 16.8 Å². The number of ether oxygens (including phenoxy) is 3. The molecule has 1 aromatic heterocycles. The van der Waals surface area contributed by atoms with Crippen LogP contribution in [0.15, 0.2) is 89.3 Å². The Labute approximate surface area is 260 Å². The van der Waals surface area contributed by atoms with E-state index >= 15 is 0 Å². The van der Waals surface area contributed by atoms with Crippen LogP contribution in [0.4, 0.5) is 5.13 Å². The molecule has 2 aliphatic rings. The average Bonchev–Trinajstić information content (AvgIpc) is 3.61. The molecule has 1 amide bonds. The van der Waals surface area contributed by atoms with Gasteiger partial charge in [0.1, 0.15) is 31.3 Å². The van der Waals surface area contributed by atoms with E-state index < -0.39 is 17.7 Å². The fraction of sp³-hybridized carbons (Fsp3) is 0.161. The minimum atomic E-state index is -0.998. The second-order valence-electron chi connectivity index (χ2n) is 9.47. The van der Waals surface area contributed by atoms with Gasteiger partial charge in [-0.25, -0.2) is 0 Å². The molecule has 0 bridgehead atoms. The summed E-state index contributed by atoms with van der Waals surface area (Å²) in [6.45, 7) is 4.72. The molecule has 1 unspecified atom stereocenters. The molecule has 1 fully saturated rings. The highest BCUT2D eigenvalue weighted by Crippen LogP contribution is 2.45. The van der Waals surface area contributed by atoms with Crippen LogP contribution in [-0.2, 0) is 15.3 Å². The summed E-state index contributed by atoms with van der Waals surface area (Å²) >= 11 is 8.63. The van der Waals surface area contributed by atoms with Gasteiger partial charge in [-0.1, -0.05) is 71.6 Å². The lowest BCUT2D eigenvalue weighted by atomic mass is 9.95. The molecule has 0 saturated carbocycles. The molecule has 0 spiro atoms. The molecular weight excluding hydrogens is 610 g/mol. The second-order valence-corrected chi connectivity index (χ2v) is 12.1. The number of hydrogen-bond acceptors (Lipinski definition) is 10. The molecule has 1 saturated heterocycles. The number of aliphatic hydroxyl groups excluding tert-OH is 1. The number of hydrogen-bond donors (Lipinski definition) is 1. The van der Waals surface area contributed by atoms with E-state index in [1.54, 1.807) is 48.5 Å². The molecule has 218 valence electrons. The number of amides is 1. The Morgan fingerprint density at radius 3 is 2.67 bits per heavy atom. The zero-order valence-corrected chi connectivity index (χ0v) is 25.0. The SMILES string of the molecule is C=CCOc1cccc(C2/C(=C(\O)c3ccc4c(c3)OCCO4)C(=O)C(=O)N2c2nnc(SCc3ccc(Cl)cc3)s2)c1. The fourth-order valence-electron chi connectivity index (χ4n) is 4.70. The summed E-state index contributed by atoms with van der Waals surface area (Å²) in [5.74, 6) is 0.0748. The lowest BCUT2D eigenvalue weighted by molar-refractivity contribution is -0.132. The van der Waals surface area contributed by atoms with Crippen molar-refractivity contribution in [3.63, 3.8) is 0 Å². The molecule has 6 rings (SSSR count). The Bertz CT molecular complexity index is 1740. The van der Waals surface area contributed by atoms with E-state index in [1.807, 2.05) is 24.3 Å². The third-order valence-electron chi connectivity index (χ3n) is 6.68. The summed E-state index contributed by atoms with van der Waals surface area (Å²) in [7, 11) is 0. The maximum absolute atomic E-state index is 13.6. The van der Waals surface area contributed by atoms with Gasteiger partial charge in [0.25, 0.3) is 5.78 Å². The molecule has 12 heteroatoms. The molecule has 3 heterocycles. The van der Waals surface area contributed by atoms with Crippen LogP contribution in [0, 0.1) is 0 Å². The van der Waals surface area contributed by atoms with Crippen molar-refractivity contribution in [3.8, 4) is 17.2 Å². The van der Waals surface area contributed by atoms with Crippen LogP contribution in [0.3, 0.4) is 0 Å². The zero-order valence-electron chi connectivity index (χ0n) is 22.6. The highest BCUT2D eigenvalue weighted by atomic mass is 35.5. The van der Waals surface area contributed by atoms with Gasteiger partial charge in [-0.2, -0.15) is 0 Å². The molecule has 43 heavy (non-hydrogen) atoms. The molecule has 0 aliphatic carbocycles. The van der Waals surface area contributed by atoms with Gasteiger partial charge in [-0.3, -0.25) is 14.5 Å². The van der Waals surface area contributed by atoms with E-state index in [1.165, 1.54) is 28.0 Å². The summed E-state index contributed by atoms with van der Waals surface area (Å²) in [6.07, 6.45) is 1.62. The van der Waals surface area contributed by atoms with Crippen molar-refractivity contribution in [2.24, 2.45) is 0 Å². The van der Waals surface area contributed by atoms with E-state index in [4.69, 9.17) is 25.8 Å². The number of ketones is 1. The minimum absolute atomic E-state index is 0.0897. The van der Waals surface area contributed by atoms with Gasteiger partial charge >= 0.3 is 5.91 Å². The Kier molecular flexibility index (Phi) is 8.37. The van der Waals surface area contributed by atoms with Gasteiger partial charge in [-0.15, -0.1) is 10.2 Å². The molecule has 0 radical (unpaired) electrons. The quantitative estimate of drug-likeness (QED) is 0.0555. The monoisotopic (exact) mass is 633 g/mol. The van der Waals surface area contributed by atoms with Crippen molar-refractivity contribution < 1.29 is 28.9 Å². The van der Waals surface area contributed by atoms with Crippen LogP contribution in [0.2, 0.25) is 5.02 Å². The number of halogens is 1. The van der Waals surface area contributed by atoms with Gasteiger partial charge in [0.15, 0.2) is 15.8 Å². The van der Waals surface area contributed by atoms with Crippen LogP contribution >= 0.6 is 34.7 Å². The maximum Gasteiger partial charge on any atom is 0.301 e. The highest BCUT2D eigenvalue weighted by molar-refractivity contribution is 8.00. The van der Waals surface area contributed by atoms with Gasteiger partial charge < -0.3 is 19.3 Å². The molecule has 3 aromatic carbocycles. The number of benzene rings is 3. The Hall–Kier alpha value is -4.32. The molecule has 1 N–H and O–H groups in total. The lowest BCUT2D eigenvalue weighted by Crippen LogP contribution is -2.29. The van der Waals surface area contributed by atoms with E-state index in [0.717, 1.165) is 5.56 Å². The van der Waals surface area contributed by atoms with Gasteiger partial charge in [0, 0.05) is 16.3 Å². The second kappa shape index (κ2) is 12.5. The van der Waals surface area contributed by atoms with Crippen molar-refractivity contribution in [2.45, 2.75) is 16.1 Å². The standard InChI is InChI=1S/C31H24ClN3O6S2/c1-2-12-39-22-5-3-4-19(15-22)26-25(27(36)20-8-11-23-24(16-20)41-14-13-40-23)28(37)29(38)35(26)30-33-34-31(43-30)42-17-18-6-9-21(32)10-7-18/h2-11,15-16,26,36H,1,12-14,17H2/b27-25+. The van der Waals surface area contributed by atoms with E-state index in [9.17, 15) is 14.7 Å². The molecule has 9 nitrogen and oxygen atoms in total. The summed E-state index contributed by atoms with van der Waals surface area (Å²) in [4.78, 5) is 28.5. The molecule has 1 atom stereocenters. The van der Waals surface area contributed by atoms with Crippen LogP contribution < -0.4 is 19.1 Å². The molecule has 4 aromatic rings. The average molecular weight is 634 g/mol. The van der Waals surface area contributed by atoms with Crippen molar-refractivity contribution in [1.82, 2.24) is 10.2 Å². The van der Waals surface area contributed by atoms with Crippen molar-refractivity contribution in [1.29, 1.82) is 0 Å². The van der Waals surface area contributed by atoms with E-state index in [-0.39, 0.29) is 23.1 Å². The normalized spacial score (nSPS) is 17.2. The first kappa shape index (κ1) is 28.8. The zero-order chi connectivity index (χ0) is 29.9. The molecular formula is C31H24ClN3O6S2. The van der Waals surface area contributed by atoms with Crippen LogP contribution in [-0.4, -0.2) is 46.8 Å². The number of aliphatic hydroxyl groups is 1. The van der Waals surface area contributed by atoms with Crippen LogP contribution in [0.5, 0.6) is 17.2 Å². The number of Topliss-reactive ketones (excluding diaryl/α,β-unsaturated/α-hetero) is 1. The number of aromatic nitrogens is 2. The Morgan fingerprint density at radius 2 is 1.88 bits per heavy atom. The summed E-state index contributed by atoms with van der Waals surface area (Å²) in [5.41, 5.74) is 1.81. The number of rotatable bonds is 9. The summed E-state index contributed by atoms with van der Waals surface area (Å²) in [5, 5.41) is 21.0. The Morgan fingerprint density at radius 1 is 1.09 bits per heavy atom. The first-order valence-corrected chi connectivity index (χ1v) is 15.4. The van der Waals surface area contributed by atoms with E-state index in [0.29, 0.717) is 56.7 Å². The van der Waals surface area contributed by atoms with Crippen molar-refractivity contribution >= 4 is 57.3 Å². The highest BCUT2D eigenvalue weighted by Gasteiger charge is 2.48. The third-order valence-corrected chi connectivity index (χ3v) is 9.06. The first-order valence-electron chi connectivity index (χ1n) is 13.2. The summed E-state index contributed by atoms with van der Waals surface area (Å²) < 4.78 is 17.6. The van der Waals surface area contributed by atoms with Gasteiger partial charge in [0.05, 0.1) is 11.6 Å². The predicted molar refractivity (Wildman–Crippen MR) is 165 cm³/mol. The van der Waals surface area contributed by atoms with Crippen LogP contribution in [0.25, 0.3) is 5.76 Å². The molecule has 2 aliphatic heterocycles. The predicted octanol–water partition coefficient (Wildman–Crippen LogP) is 6.45. The van der Waals surface area contributed by atoms with Gasteiger partial charge in [-0.05, 0) is 53.6 Å². The number of carbonyl (C=O) groups is 2. The number of anilines is 1. The Balaban J connectivity index is 1.39. The van der Waals surface area contributed by atoms with Gasteiger partial charge in [0.2, 0.25) is 5.13 Å². The third kappa shape index (κ3) is 5.96. The fourth-order valence-corrected chi connectivity index (χ4v) is 6.65. The topological polar surface area (TPSA) is 111 Å².